The molecule has 0 amide bonds. The molecular formula is C30H36FN5O. The van der Waals surface area contributed by atoms with Gasteiger partial charge < -0.3 is 20.4 Å². The Bertz CT molecular complexity index is 1270. The van der Waals surface area contributed by atoms with Crippen molar-refractivity contribution in [2.24, 2.45) is 0 Å². The van der Waals surface area contributed by atoms with Crippen LogP contribution in [0.5, 0.6) is 0 Å². The highest BCUT2D eigenvalue weighted by atomic mass is 19.1. The number of ketones is 1. The molecule has 6 nitrogen and oxygen atoms in total. The van der Waals surface area contributed by atoms with E-state index in [2.05, 4.69) is 51.3 Å². The van der Waals surface area contributed by atoms with Gasteiger partial charge in [-0.05, 0) is 74.7 Å². The van der Waals surface area contributed by atoms with E-state index in [1.165, 1.54) is 0 Å². The minimum absolute atomic E-state index is 0.0697. The number of hydrogen-bond acceptors (Lipinski definition) is 6. The van der Waals surface area contributed by atoms with Crippen molar-refractivity contribution in [2.75, 3.05) is 36.4 Å². The first-order chi connectivity index (χ1) is 17.9. The summed E-state index contributed by atoms with van der Waals surface area (Å²) in [6, 6.07) is 11.9. The Labute approximate surface area is 219 Å². The van der Waals surface area contributed by atoms with E-state index in [-0.39, 0.29) is 17.8 Å². The van der Waals surface area contributed by atoms with Gasteiger partial charge in [-0.15, -0.1) is 0 Å². The van der Waals surface area contributed by atoms with E-state index in [1.54, 1.807) is 13.0 Å². The van der Waals surface area contributed by atoms with Crippen molar-refractivity contribution in [3.8, 4) is 0 Å². The van der Waals surface area contributed by atoms with Crippen LogP contribution in [-0.2, 0) is 0 Å². The van der Waals surface area contributed by atoms with Gasteiger partial charge in [0.05, 0.1) is 17.1 Å². The maximum Gasteiger partial charge on any atom is 0.160 e. The van der Waals surface area contributed by atoms with Crippen LogP contribution >= 0.6 is 0 Å². The van der Waals surface area contributed by atoms with Gasteiger partial charge in [-0.25, -0.2) is 4.39 Å². The summed E-state index contributed by atoms with van der Waals surface area (Å²) in [5.74, 6) is -0.134. The Morgan fingerprint density at radius 3 is 2.59 bits per heavy atom. The summed E-state index contributed by atoms with van der Waals surface area (Å²) in [7, 11) is 0. The number of halogens is 1. The molecule has 2 unspecified atom stereocenters. The van der Waals surface area contributed by atoms with Gasteiger partial charge in [0.25, 0.3) is 0 Å². The normalized spacial score (nSPS) is 20.2. The predicted molar refractivity (Wildman–Crippen MR) is 149 cm³/mol. The van der Waals surface area contributed by atoms with Crippen LogP contribution in [0.25, 0.3) is 5.70 Å². The number of nitrogens with zero attached hydrogens (tertiary/aromatic N) is 3. The van der Waals surface area contributed by atoms with Crippen LogP contribution < -0.4 is 15.5 Å². The average Bonchev–Trinajstić information content (AvgIpc) is 3.39. The van der Waals surface area contributed by atoms with Crippen LogP contribution in [0.3, 0.4) is 0 Å². The molecule has 2 aromatic rings. The number of carbonyl (C=O) groups excluding carboxylic acids is 1. The third-order valence-electron chi connectivity index (χ3n) is 7.77. The Morgan fingerprint density at radius 1 is 1.14 bits per heavy atom. The number of hydrogen-bond donors (Lipinski definition) is 2. The standard InChI is InChI=1S/C30H36FN5O/c1-5-21(3)34-14-16-35(17-15-34)29-10-7-24(19-26(29)31)33-27-9-11-28(36-13-12-32-30(27)36)23-6-8-25(22(4)37)20(2)18-23/h6-13,18-19,21,30,32-33H,5,14-17H2,1-4H3. The summed E-state index contributed by atoms with van der Waals surface area (Å²) in [5.41, 5.74) is 6.10. The first-order valence-electron chi connectivity index (χ1n) is 13.2. The van der Waals surface area contributed by atoms with Crippen LogP contribution in [0.4, 0.5) is 15.8 Å². The lowest BCUT2D eigenvalue weighted by atomic mass is 9.99. The second-order valence-electron chi connectivity index (χ2n) is 10.1. The van der Waals surface area contributed by atoms with Crippen molar-refractivity contribution >= 4 is 22.9 Å². The van der Waals surface area contributed by atoms with E-state index in [9.17, 15) is 4.79 Å². The molecule has 0 aromatic heterocycles. The summed E-state index contributed by atoms with van der Waals surface area (Å²) < 4.78 is 15.2. The van der Waals surface area contributed by atoms with Crippen LogP contribution in [-0.4, -0.2) is 54.0 Å². The lowest BCUT2D eigenvalue weighted by Crippen LogP contribution is -2.49. The van der Waals surface area contributed by atoms with E-state index < -0.39 is 0 Å². The number of fused-ring (bicyclic) bond motifs is 1. The van der Waals surface area contributed by atoms with Gasteiger partial charge in [0.15, 0.2) is 5.78 Å². The SMILES string of the molecule is CCC(C)N1CCN(c2ccc(NC3=CC=C(c4ccc(C(C)=O)c(C)c4)N4C=CNC34)cc2F)CC1. The zero-order valence-corrected chi connectivity index (χ0v) is 22.1. The molecule has 1 fully saturated rings. The number of rotatable bonds is 7. The third kappa shape index (κ3) is 5.01. The van der Waals surface area contributed by atoms with Crippen LogP contribution in [0.15, 0.2) is 66.6 Å². The molecule has 3 aliphatic heterocycles. The topological polar surface area (TPSA) is 50.9 Å². The molecule has 2 N–H and O–H groups in total. The summed E-state index contributed by atoms with van der Waals surface area (Å²) in [5, 5.41) is 6.80. The second kappa shape index (κ2) is 10.4. The molecule has 194 valence electrons. The lowest BCUT2D eigenvalue weighted by molar-refractivity contribution is 0.101. The highest BCUT2D eigenvalue weighted by Gasteiger charge is 2.29. The van der Waals surface area contributed by atoms with Crippen molar-refractivity contribution in [3.63, 3.8) is 0 Å². The summed E-state index contributed by atoms with van der Waals surface area (Å²) in [4.78, 5) is 18.6. The minimum atomic E-state index is -0.204. The van der Waals surface area contributed by atoms with E-state index in [0.29, 0.717) is 11.7 Å². The summed E-state index contributed by atoms with van der Waals surface area (Å²) in [6.07, 6.45) is 9.02. The Morgan fingerprint density at radius 2 is 1.92 bits per heavy atom. The first-order valence-corrected chi connectivity index (χ1v) is 13.2. The summed E-state index contributed by atoms with van der Waals surface area (Å²) in [6.45, 7) is 11.6. The molecule has 37 heavy (non-hydrogen) atoms. The number of allylic oxidation sites excluding steroid dienone is 2. The van der Waals surface area contributed by atoms with Crippen molar-refractivity contribution in [1.82, 2.24) is 15.1 Å². The maximum atomic E-state index is 15.2. The Hall–Kier alpha value is -3.58. The van der Waals surface area contributed by atoms with Gasteiger partial charge in [0.2, 0.25) is 0 Å². The minimum Gasteiger partial charge on any atom is -0.367 e. The van der Waals surface area contributed by atoms with Crippen molar-refractivity contribution < 1.29 is 9.18 Å². The zero-order chi connectivity index (χ0) is 26.1. The molecule has 7 heteroatoms. The maximum absolute atomic E-state index is 15.2. The van der Waals surface area contributed by atoms with Crippen molar-refractivity contribution in [3.05, 3.63) is 89.2 Å². The third-order valence-corrected chi connectivity index (χ3v) is 7.77. The van der Waals surface area contributed by atoms with Crippen LogP contribution in [0, 0.1) is 12.7 Å². The smallest absolute Gasteiger partial charge is 0.160 e. The van der Waals surface area contributed by atoms with Gasteiger partial charge in [-0.1, -0.05) is 19.1 Å². The van der Waals surface area contributed by atoms with E-state index in [4.69, 9.17) is 0 Å². The van der Waals surface area contributed by atoms with Crippen molar-refractivity contribution in [2.45, 2.75) is 46.3 Å². The molecule has 0 bridgehead atoms. The molecule has 2 atom stereocenters. The van der Waals surface area contributed by atoms with Gasteiger partial charge in [-0.2, -0.15) is 0 Å². The lowest BCUT2D eigenvalue weighted by Gasteiger charge is -2.39. The first kappa shape index (κ1) is 25.1. The molecule has 0 saturated carbocycles. The second-order valence-corrected chi connectivity index (χ2v) is 10.1. The number of carbonyl (C=O) groups is 1. The number of aryl methyl sites for hydroxylation is 1. The molecule has 0 aliphatic carbocycles. The zero-order valence-electron chi connectivity index (χ0n) is 22.1. The highest BCUT2D eigenvalue weighted by molar-refractivity contribution is 5.96. The van der Waals surface area contributed by atoms with Crippen LogP contribution in [0.1, 0.15) is 48.7 Å². The fourth-order valence-electron chi connectivity index (χ4n) is 5.43. The monoisotopic (exact) mass is 501 g/mol. The molecule has 5 rings (SSSR count). The van der Waals surface area contributed by atoms with E-state index in [1.807, 2.05) is 49.7 Å². The number of anilines is 2. The number of nitrogens with one attached hydrogen (secondary N) is 2. The van der Waals surface area contributed by atoms with Gasteiger partial charge >= 0.3 is 0 Å². The largest absolute Gasteiger partial charge is 0.367 e. The predicted octanol–water partition coefficient (Wildman–Crippen LogP) is 5.31. The Balaban J connectivity index is 1.32. The van der Waals surface area contributed by atoms with Crippen LogP contribution in [0.2, 0.25) is 0 Å². The van der Waals surface area contributed by atoms with E-state index >= 15 is 4.39 Å². The Kier molecular flexibility index (Phi) is 7.07. The molecule has 2 aromatic carbocycles. The number of piperazine rings is 1. The van der Waals surface area contributed by atoms with Gasteiger partial charge in [0, 0.05) is 55.9 Å². The molecule has 3 heterocycles. The number of benzene rings is 2. The molecule has 3 aliphatic rings. The molecular weight excluding hydrogens is 465 g/mol. The molecule has 1 saturated heterocycles. The summed E-state index contributed by atoms with van der Waals surface area (Å²) >= 11 is 0. The molecule has 0 spiro atoms. The van der Waals surface area contributed by atoms with Crippen molar-refractivity contribution in [1.29, 1.82) is 0 Å². The van der Waals surface area contributed by atoms with E-state index in [0.717, 1.165) is 66.4 Å². The fraction of sp³-hybridized carbons (Fsp3) is 0.367. The highest BCUT2D eigenvalue weighted by Crippen LogP contribution is 2.33. The van der Waals surface area contributed by atoms with Gasteiger partial charge in [-0.3, -0.25) is 9.69 Å². The fourth-order valence-corrected chi connectivity index (χ4v) is 5.43. The number of Topliss-reactive ketones (excluding diaryl/α,β-unsaturated/α-hetero) is 1. The average molecular weight is 502 g/mol. The van der Waals surface area contributed by atoms with Gasteiger partial charge in [0.1, 0.15) is 12.0 Å². The molecule has 0 radical (unpaired) electrons. The quantitative estimate of drug-likeness (QED) is 0.502.